The number of hydrogen-bond donors (Lipinski definition) is 0. The minimum atomic E-state index is -0.491. The summed E-state index contributed by atoms with van der Waals surface area (Å²) in [6, 6.07) is 25.8. The standard InChI is InChI=1S/C26H17FN2O2/c27-25-9-2-1-8-24(25)21(18-28)16-19-6-5-7-23(17-19)31-26(30)20-10-12-22(13-11-20)29-14-3-4-15-29/h1-17H/b21-16-. The van der Waals surface area contributed by atoms with E-state index >= 15 is 0 Å². The fourth-order valence-electron chi connectivity index (χ4n) is 3.13. The first-order valence-corrected chi connectivity index (χ1v) is 9.56. The summed E-state index contributed by atoms with van der Waals surface area (Å²) in [5.41, 5.74) is 2.37. The number of nitrogens with zero attached hydrogens (tertiary/aromatic N) is 2. The molecule has 0 saturated heterocycles. The van der Waals surface area contributed by atoms with Crippen LogP contribution in [0.1, 0.15) is 21.5 Å². The lowest BCUT2D eigenvalue weighted by Gasteiger charge is -2.07. The van der Waals surface area contributed by atoms with Crippen molar-refractivity contribution in [1.82, 2.24) is 4.57 Å². The summed E-state index contributed by atoms with van der Waals surface area (Å²) in [4.78, 5) is 12.5. The third kappa shape index (κ3) is 4.60. The van der Waals surface area contributed by atoms with Gasteiger partial charge in [0.05, 0.1) is 17.2 Å². The number of carbonyl (C=O) groups excluding carboxylic acids is 1. The van der Waals surface area contributed by atoms with E-state index in [2.05, 4.69) is 0 Å². The van der Waals surface area contributed by atoms with E-state index in [1.807, 2.05) is 47.3 Å². The number of carbonyl (C=O) groups is 1. The summed E-state index contributed by atoms with van der Waals surface area (Å²) in [6.45, 7) is 0. The Bertz CT molecular complexity index is 1280. The Labute approximate surface area is 179 Å². The Balaban J connectivity index is 1.53. The molecule has 0 aliphatic rings. The van der Waals surface area contributed by atoms with E-state index in [1.165, 1.54) is 6.07 Å². The Morgan fingerprint density at radius 2 is 1.68 bits per heavy atom. The zero-order chi connectivity index (χ0) is 21.6. The van der Waals surface area contributed by atoms with Gasteiger partial charge < -0.3 is 9.30 Å². The van der Waals surface area contributed by atoms with Crippen LogP contribution in [0.5, 0.6) is 5.75 Å². The number of esters is 1. The van der Waals surface area contributed by atoms with Gasteiger partial charge in [0.25, 0.3) is 0 Å². The summed E-state index contributed by atoms with van der Waals surface area (Å²) in [5.74, 6) is -0.630. The maximum atomic E-state index is 14.0. The van der Waals surface area contributed by atoms with Crippen LogP contribution in [-0.4, -0.2) is 10.5 Å². The van der Waals surface area contributed by atoms with Gasteiger partial charge in [-0.15, -0.1) is 0 Å². The quantitative estimate of drug-likeness (QED) is 0.179. The van der Waals surface area contributed by atoms with Crippen molar-refractivity contribution < 1.29 is 13.9 Å². The molecule has 0 aliphatic carbocycles. The fraction of sp³-hybridized carbons (Fsp3) is 0. The van der Waals surface area contributed by atoms with Crippen molar-refractivity contribution in [2.45, 2.75) is 0 Å². The predicted octanol–water partition coefficient (Wildman–Crippen LogP) is 5.90. The number of allylic oxidation sites excluding steroid dienone is 1. The lowest BCUT2D eigenvalue weighted by atomic mass is 10.0. The van der Waals surface area contributed by atoms with E-state index in [0.717, 1.165) is 5.69 Å². The topological polar surface area (TPSA) is 55.0 Å². The van der Waals surface area contributed by atoms with Gasteiger partial charge >= 0.3 is 5.97 Å². The van der Waals surface area contributed by atoms with E-state index in [1.54, 1.807) is 60.7 Å². The van der Waals surface area contributed by atoms with Crippen molar-refractivity contribution >= 4 is 17.6 Å². The molecule has 0 aliphatic heterocycles. The molecular weight excluding hydrogens is 391 g/mol. The molecule has 0 atom stereocenters. The molecule has 0 N–H and O–H groups in total. The average Bonchev–Trinajstić information content (AvgIpc) is 3.33. The van der Waals surface area contributed by atoms with Crippen LogP contribution in [-0.2, 0) is 0 Å². The molecule has 0 spiro atoms. The summed E-state index contributed by atoms with van der Waals surface area (Å²) in [5, 5.41) is 9.45. The van der Waals surface area contributed by atoms with Crippen LogP contribution in [0.15, 0.2) is 97.3 Å². The van der Waals surface area contributed by atoms with Crippen molar-refractivity contribution in [2.24, 2.45) is 0 Å². The lowest BCUT2D eigenvalue weighted by Crippen LogP contribution is -2.08. The molecule has 4 aromatic rings. The molecule has 31 heavy (non-hydrogen) atoms. The van der Waals surface area contributed by atoms with Crippen LogP contribution in [0.2, 0.25) is 0 Å². The van der Waals surface area contributed by atoms with Gasteiger partial charge in [-0.05, 0) is 66.2 Å². The summed E-state index contributed by atoms with van der Waals surface area (Å²) in [7, 11) is 0. The molecule has 150 valence electrons. The molecule has 0 fully saturated rings. The van der Waals surface area contributed by atoms with Crippen molar-refractivity contribution in [3.63, 3.8) is 0 Å². The molecular formula is C26H17FN2O2. The molecule has 0 saturated carbocycles. The number of nitriles is 1. The van der Waals surface area contributed by atoms with Crippen LogP contribution >= 0.6 is 0 Å². The largest absolute Gasteiger partial charge is 0.423 e. The number of ether oxygens (including phenoxy) is 1. The normalized spacial score (nSPS) is 11.0. The van der Waals surface area contributed by atoms with E-state index in [0.29, 0.717) is 16.9 Å². The van der Waals surface area contributed by atoms with Crippen LogP contribution in [0.4, 0.5) is 4.39 Å². The molecule has 1 aromatic heterocycles. The SMILES string of the molecule is N#C/C(=C/c1cccc(OC(=O)c2ccc(-n3cccc3)cc2)c1)c1ccccc1F. The molecule has 4 nitrogen and oxygen atoms in total. The Hall–Kier alpha value is -4.43. The second-order valence-electron chi connectivity index (χ2n) is 6.75. The van der Waals surface area contributed by atoms with Gasteiger partial charge in [0.15, 0.2) is 0 Å². The Kier molecular flexibility index (Phi) is 5.72. The molecule has 4 rings (SSSR count). The zero-order valence-corrected chi connectivity index (χ0v) is 16.4. The van der Waals surface area contributed by atoms with Gasteiger partial charge in [0.1, 0.15) is 11.6 Å². The van der Waals surface area contributed by atoms with Crippen LogP contribution in [0.3, 0.4) is 0 Å². The highest BCUT2D eigenvalue weighted by Gasteiger charge is 2.10. The van der Waals surface area contributed by atoms with Crippen LogP contribution < -0.4 is 4.74 Å². The molecule has 0 radical (unpaired) electrons. The fourth-order valence-corrected chi connectivity index (χ4v) is 3.13. The first-order valence-electron chi connectivity index (χ1n) is 9.56. The van der Waals surface area contributed by atoms with Gasteiger partial charge in [0, 0.05) is 23.6 Å². The number of hydrogen-bond acceptors (Lipinski definition) is 3. The van der Waals surface area contributed by atoms with E-state index in [4.69, 9.17) is 4.74 Å². The number of rotatable bonds is 5. The van der Waals surface area contributed by atoms with Crippen LogP contribution in [0.25, 0.3) is 17.3 Å². The number of halogens is 1. The van der Waals surface area contributed by atoms with Gasteiger partial charge in [-0.25, -0.2) is 9.18 Å². The maximum Gasteiger partial charge on any atom is 0.343 e. The third-order valence-electron chi connectivity index (χ3n) is 4.67. The van der Waals surface area contributed by atoms with Crippen molar-refractivity contribution in [1.29, 1.82) is 5.26 Å². The molecule has 0 bridgehead atoms. The number of aromatic nitrogens is 1. The average molecular weight is 408 g/mol. The van der Waals surface area contributed by atoms with Gasteiger partial charge in [-0.2, -0.15) is 5.26 Å². The molecule has 0 unspecified atom stereocenters. The smallest absolute Gasteiger partial charge is 0.343 e. The Morgan fingerprint density at radius 1 is 0.935 bits per heavy atom. The molecule has 1 heterocycles. The van der Waals surface area contributed by atoms with Crippen LogP contribution in [0, 0.1) is 17.1 Å². The minimum absolute atomic E-state index is 0.183. The van der Waals surface area contributed by atoms with E-state index in [-0.39, 0.29) is 11.1 Å². The van der Waals surface area contributed by atoms with Crippen molar-refractivity contribution in [2.75, 3.05) is 0 Å². The lowest BCUT2D eigenvalue weighted by molar-refractivity contribution is 0.0735. The third-order valence-corrected chi connectivity index (χ3v) is 4.67. The summed E-state index contributed by atoms with van der Waals surface area (Å²) < 4.78 is 21.4. The van der Waals surface area contributed by atoms with Crippen molar-refractivity contribution in [3.05, 3.63) is 120 Å². The predicted molar refractivity (Wildman–Crippen MR) is 117 cm³/mol. The first kappa shape index (κ1) is 19.9. The minimum Gasteiger partial charge on any atom is -0.423 e. The Morgan fingerprint density at radius 3 is 2.39 bits per heavy atom. The summed E-state index contributed by atoms with van der Waals surface area (Å²) in [6.07, 6.45) is 5.40. The molecule has 3 aromatic carbocycles. The second kappa shape index (κ2) is 8.93. The van der Waals surface area contributed by atoms with E-state index < -0.39 is 11.8 Å². The van der Waals surface area contributed by atoms with Gasteiger partial charge in [-0.3, -0.25) is 0 Å². The van der Waals surface area contributed by atoms with Gasteiger partial charge in [0.2, 0.25) is 0 Å². The van der Waals surface area contributed by atoms with Crippen molar-refractivity contribution in [3.8, 4) is 17.5 Å². The molecule has 0 amide bonds. The summed E-state index contributed by atoms with van der Waals surface area (Å²) >= 11 is 0. The second-order valence-corrected chi connectivity index (χ2v) is 6.75. The highest BCUT2D eigenvalue weighted by atomic mass is 19.1. The zero-order valence-electron chi connectivity index (χ0n) is 16.4. The molecule has 5 heteroatoms. The first-order chi connectivity index (χ1) is 15.1. The highest BCUT2D eigenvalue weighted by molar-refractivity contribution is 5.92. The van der Waals surface area contributed by atoms with E-state index in [9.17, 15) is 14.4 Å². The number of benzene rings is 3. The monoisotopic (exact) mass is 408 g/mol. The maximum absolute atomic E-state index is 14.0. The highest BCUT2D eigenvalue weighted by Crippen LogP contribution is 2.23. The van der Waals surface area contributed by atoms with Gasteiger partial charge in [-0.1, -0.05) is 30.3 Å².